The Bertz CT molecular complexity index is 149. The standard InChI is InChI=1S/C9H16O/c1-6-4-8(3)9(10)5-7(6)2/h5-6,8-10H,4H2,1-3H3/t6-,8+,9?/m0/s1. The maximum Gasteiger partial charge on any atom is 0.0749 e. The van der Waals surface area contributed by atoms with Crippen LogP contribution in [0.3, 0.4) is 0 Å². The van der Waals surface area contributed by atoms with Gasteiger partial charge in [0, 0.05) is 0 Å². The molecule has 0 amide bonds. The summed E-state index contributed by atoms with van der Waals surface area (Å²) in [4.78, 5) is 0. The predicted molar refractivity (Wildman–Crippen MR) is 42.7 cm³/mol. The van der Waals surface area contributed by atoms with E-state index < -0.39 is 0 Å². The number of hydrogen-bond acceptors (Lipinski definition) is 1. The minimum atomic E-state index is -0.198. The summed E-state index contributed by atoms with van der Waals surface area (Å²) in [5.74, 6) is 1.11. The van der Waals surface area contributed by atoms with Crippen LogP contribution in [0.5, 0.6) is 0 Å². The molecule has 0 aromatic rings. The fourth-order valence-electron chi connectivity index (χ4n) is 1.48. The monoisotopic (exact) mass is 140 g/mol. The van der Waals surface area contributed by atoms with Crippen LogP contribution in [0.15, 0.2) is 11.6 Å². The second-order valence-corrected chi connectivity index (χ2v) is 3.52. The van der Waals surface area contributed by atoms with Gasteiger partial charge >= 0.3 is 0 Å². The normalized spacial score (nSPS) is 41.2. The van der Waals surface area contributed by atoms with Gasteiger partial charge in [-0.05, 0) is 25.2 Å². The van der Waals surface area contributed by atoms with E-state index in [1.54, 1.807) is 0 Å². The molecular weight excluding hydrogens is 124 g/mol. The summed E-state index contributed by atoms with van der Waals surface area (Å²) in [5.41, 5.74) is 1.34. The van der Waals surface area contributed by atoms with Gasteiger partial charge < -0.3 is 5.11 Å². The third-order valence-electron chi connectivity index (χ3n) is 2.52. The van der Waals surface area contributed by atoms with Gasteiger partial charge in [0.2, 0.25) is 0 Å². The van der Waals surface area contributed by atoms with Crippen LogP contribution in [0.1, 0.15) is 27.2 Å². The van der Waals surface area contributed by atoms with Gasteiger partial charge in [-0.2, -0.15) is 0 Å². The average Bonchev–Trinajstić information content (AvgIpc) is 1.84. The first-order valence-corrected chi connectivity index (χ1v) is 3.97. The summed E-state index contributed by atoms with van der Waals surface area (Å²) in [6.45, 7) is 6.41. The highest BCUT2D eigenvalue weighted by atomic mass is 16.3. The Hall–Kier alpha value is -0.300. The van der Waals surface area contributed by atoms with Crippen molar-refractivity contribution in [2.45, 2.75) is 33.3 Å². The third-order valence-corrected chi connectivity index (χ3v) is 2.52. The van der Waals surface area contributed by atoms with Crippen molar-refractivity contribution in [2.75, 3.05) is 0 Å². The molecule has 58 valence electrons. The molecular formula is C9H16O. The minimum absolute atomic E-state index is 0.198. The zero-order valence-corrected chi connectivity index (χ0v) is 6.96. The lowest BCUT2D eigenvalue weighted by molar-refractivity contribution is 0.138. The first-order valence-electron chi connectivity index (χ1n) is 3.97. The molecule has 3 atom stereocenters. The van der Waals surface area contributed by atoms with Gasteiger partial charge in [0.05, 0.1) is 6.10 Å². The highest BCUT2D eigenvalue weighted by molar-refractivity contribution is 5.10. The third kappa shape index (κ3) is 1.40. The maximum atomic E-state index is 9.39. The fraction of sp³-hybridized carbons (Fsp3) is 0.778. The van der Waals surface area contributed by atoms with Gasteiger partial charge in [-0.15, -0.1) is 0 Å². The van der Waals surface area contributed by atoms with Crippen molar-refractivity contribution in [2.24, 2.45) is 11.8 Å². The average molecular weight is 140 g/mol. The molecule has 1 unspecified atom stereocenters. The molecule has 0 bridgehead atoms. The van der Waals surface area contributed by atoms with E-state index in [0.29, 0.717) is 11.8 Å². The van der Waals surface area contributed by atoms with Crippen molar-refractivity contribution < 1.29 is 5.11 Å². The smallest absolute Gasteiger partial charge is 0.0749 e. The lowest BCUT2D eigenvalue weighted by atomic mass is 9.82. The highest BCUT2D eigenvalue weighted by Crippen LogP contribution is 2.27. The van der Waals surface area contributed by atoms with Crippen molar-refractivity contribution in [1.82, 2.24) is 0 Å². The van der Waals surface area contributed by atoms with Crippen LogP contribution in [0.4, 0.5) is 0 Å². The van der Waals surface area contributed by atoms with Gasteiger partial charge in [0.15, 0.2) is 0 Å². The second kappa shape index (κ2) is 2.75. The van der Waals surface area contributed by atoms with Crippen molar-refractivity contribution in [1.29, 1.82) is 0 Å². The van der Waals surface area contributed by atoms with Gasteiger partial charge in [-0.1, -0.05) is 25.5 Å². The van der Waals surface area contributed by atoms with Crippen molar-refractivity contribution in [3.05, 3.63) is 11.6 Å². The molecule has 1 rings (SSSR count). The number of rotatable bonds is 0. The summed E-state index contributed by atoms with van der Waals surface area (Å²) in [6, 6.07) is 0. The van der Waals surface area contributed by atoms with E-state index in [1.807, 2.05) is 6.08 Å². The van der Waals surface area contributed by atoms with Crippen molar-refractivity contribution in [3.63, 3.8) is 0 Å². The molecule has 0 aliphatic heterocycles. The van der Waals surface area contributed by atoms with E-state index >= 15 is 0 Å². The topological polar surface area (TPSA) is 20.2 Å². The molecule has 0 fully saturated rings. The minimum Gasteiger partial charge on any atom is -0.389 e. The quantitative estimate of drug-likeness (QED) is 0.510. The van der Waals surface area contributed by atoms with Gasteiger partial charge in [0.25, 0.3) is 0 Å². The zero-order chi connectivity index (χ0) is 7.72. The Morgan fingerprint density at radius 2 is 2.10 bits per heavy atom. The number of aliphatic hydroxyl groups excluding tert-OH is 1. The predicted octanol–water partition coefficient (Wildman–Crippen LogP) is 1.97. The van der Waals surface area contributed by atoms with Crippen LogP contribution < -0.4 is 0 Å². The van der Waals surface area contributed by atoms with E-state index in [2.05, 4.69) is 20.8 Å². The van der Waals surface area contributed by atoms with E-state index in [0.717, 1.165) is 6.42 Å². The molecule has 1 heteroatoms. The van der Waals surface area contributed by atoms with Gasteiger partial charge in [-0.25, -0.2) is 0 Å². The Labute approximate surface area is 62.8 Å². The molecule has 0 saturated carbocycles. The largest absolute Gasteiger partial charge is 0.389 e. The Morgan fingerprint density at radius 3 is 2.60 bits per heavy atom. The number of hydrogen-bond donors (Lipinski definition) is 1. The molecule has 0 saturated heterocycles. The van der Waals surface area contributed by atoms with Crippen LogP contribution in [0, 0.1) is 11.8 Å². The molecule has 0 heterocycles. The van der Waals surface area contributed by atoms with E-state index in [1.165, 1.54) is 5.57 Å². The Balaban J connectivity index is 2.69. The molecule has 10 heavy (non-hydrogen) atoms. The van der Waals surface area contributed by atoms with Crippen LogP contribution in [-0.4, -0.2) is 11.2 Å². The van der Waals surface area contributed by atoms with Crippen LogP contribution >= 0.6 is 0 Å². The van der Waals surface area contributed by atoms with E-state index in [9.17, 15) is 5.11 Å². The van der Waals surface area contributed by atoms with Crippen molar-refractivity contribution >= 4 is 0 Å². The van der Waals surface area contributed by atoms with Crippen LogP contribution in [0.2, 0.25) is 0 Å². The Kier molecular flexibility index (Phi) is 2.14. The molecule has 1 nitrogen and oxygen atoms in total. The number of allylic oxidation sites excluding steroid dienone is 1. The van der Waals surface area contributed by atoms with Crippen LogP contribution in [-0.2, 0) is 0 Å². The maximum absolute atomic E-state index is 9.39. The van der Waals surface area contributed by atoms with Crippen LogP contribution in [0.25, 0.3) is 0 Å². The van der Waals surface area contributed by atoms with E-state index in [4.69, 9.17) is 0 Å². The lowest BCUT2D eigenvalue weighted by Crippen LogP contribution is -2.23. The molecule has 1 N–H and O–H groups in total. The first kappa shape index (κ1) is 7.80. The molecule has 0 spiro atoms. The molecule has 1 aliphatic rings. The summed E-state index contributed by atoms with van der Waals surface area (Å²) >= 11 is 0. The van der Waals surface area contributed by atoms with E-state index in [-0.39, 0.29) is 6.10 Å². The number of aliphatic hydroxyl groups is 1. The van der Waals surface area contributed by atoms with Crippen molar-refractivity contribution in [3.8, 4) is 0 Å². The second-order valence-electron chi connectivity index (χ2n) is 3.52. The fourth-order valence-corrected chi connectivity index (χ4v) is 1.48. The summed E-state index contributed by atoms with van der Waals surface area (Å²) in [5, 5.41) is 9.39. The summed E-state index contributed by atoms with van der Waals surface area (Å²) < 4.78 is 0. The first-order chi connectivity index (χ1) is 4.61. The summed E-state index contributed by atoms with van der Waals surface area (Å²) in [7, 11) is 0. The molecule has 0 aromatic heterocycles. The van der Waals surface area contributed by atoms with Gasteiger partial charge in [0.1, 0.15) is 0 Å². The molecule has 0 radical (unpaired) electrons. The lowest BCUT2D eigenvalue weighted by Gasteiger charge is -2.27. The summed E-state index contributed by atoms with van der Waals surface area (Å²) in [6.07, 6.45) is 2.92. The molecule has 0 aromatic carbocycles. The molecule has 1 aliphatic carbocycles. The SMILES string of the molecule is CC1=CC(O)[C@H](C)C[C@@H]1C. The van der Waals surface area contributed by atoms with Gasteiger partial charge in [-0.3, -0.25) is 0 Å². The highest BCUT2D eigenvalue weighted by Gasteiger charge is 2.21. The Morgan fingerprint density at radius 1 is 1.50 bits per heavy atom. The zero-order valence-electron chi connectivity index (χ0n) is 6.96.